The Morgan fingerprint density at radius 3 is 2.50 bits per heavy atom. The zero-order valence-electron chi connectivity index (χ0n) is 19.5. The number of ether oxygens (including phenoxy) is 2. The number of carbonyl (C=O) groups is 1. The molecule has 0 spiro atoms. The van der Waals surface area contributed by atoms with Gasteiger partial charge in [-0.25, -0.2) is 4.79 Å². The van der Waals surface area contributed by atoms with Crippen LogP contribution >= 0.6 is 15.9 Å². The molecule has 1 heterocycles. The van der Waals surface area contributed by atoms with E-state index in [1.807, 2.05) is 48.5 Å². The van der Waals surface area contributed by atoms with Crippen LogP contribution in [0.4, 0.5) is 5.69 Å². The molecule has 0 aliphatic rings. The number of hydrogen-bond acceptors (Lipinski definition) is 4. The molecule has 4 aromatic rings. The van der Waals surface area contributed by atoms with Gasteiger partial charge < -0.3 is 9.47 Å². The predicted molar refractivity (Wildman–Crippen MR) is 139 cm³/mol. The number of hydrogen-bond donors (Lipinski definition) is 0. The molecule has 1 aromatic heterocycles. The van der Waals surface area contributed by atoms with Gasteiger partial charge in [-0.3, -0.25) is 9.69 Å². The molecule has 0 aliphatic carbocycles. The van der Waals surface area contributed by atoms with Crippen LogP contribution in [-0.2, 0) is 11.3 Å². The Kier molecular flexibility index (Phi) is 7.38. The van der Waals surface area contributed by atoms with Gasteiger partial charge >= 0.3 is 5.97 Å². The molecule has 0 atom stereocenters. The maximum absolute atomic E-state index is 12.1. The van der Waals surface area contributed by atoms with Gasteiger partial charge in [-0.1, -0.05) is 52.3 Å². The Morgan fingerprint density at radius 1 is 0.971 bits per heavy atom. The number of esters is 1. The van der Waals surface area contributed by atoms with Crippen LogP contribution in [0.2, 0.25) is 0 Å². The highest BCUT2D eigenvalue weighted by atomic mass is 79.9. The lowest BCUT2D eigenvalue weighted by Crippen LogP contribution is -2.31. The monoisotopic (exact) mass is 518 g/mol. The van der Waals surface area contributed by atoms with Crippen LogP contribution in [0.3, 0.4) is 0 Å². The summed E-state index contributed by atoms with van der Waals surface area (Å²) in [6.07, 6.45) is 0. The van der Waals surface area contributed by atoms with Crippen molar-refractivity contribution in [3.63, 3.8) is 0 Å². The zero-order valence-corrected chi connectivity index (χ0v) is 21.1. The summed E-state index contributed by atoms with van der Waals surface area (Å²) in [5.74, 6) is 0.441. The summed E-state index contributed by atoms with van der Waals surface area (Å²) in [5.41, 5.74) is 5.55. The predicted octanol–water partition coefficient (Wildman–Crippen LogP) is 6.88. The van der Waals surface area contributed by atoms with E-state index in [2.05, 4.69) is 69.8 Å². The van der Waals surface area contributed by atoms with Crippen molar-refractivity contribution < 1.29 is 14.3 Å². The maximum atomic E-state index is 12.1. The van der Waals surface area contributed by atoms with E-state index in [0.717, 1.165) is 38.4 Å². The molecule has 0 radical (unpaired) electrons. The van der Waals surface area contributed by atoms with Gasteiger partial charge in [0, 0.05) is 22.3 Å². The fraction of sp³-hybridized carbons (Fsp3) is 0.179. The van der Waals surface area contributed by atoms with E-state index in [-0.39, 0.29) is 5.97 Å². The van der Waals surface area contributed by atoms with Crippen molar-refractivity contribution in [1.82, 2.24) is 4.68 Å². The Balaban J connectivity index is 1.75. The van der Waals surface area contributed by atoms with Gasteiger partial charge in [-0.15, -0.1) is 0 Å². The second-order valence-electron chi connectivity index (χ2n) is 7.84. The third kappa shape index (κ3) is 5.02. The molecule has 0 bridgehead atoms. The van der Waals surface area contributed by atoms with Crippen molar-refractivity contribution >= 4 is 27.6 Å². The number of methoxy groups -OCH3 is 1. The van der Waals surface area contributed by atoms with Gasteiger partial charge in [0.05, 0.1) is 24.1 Å². The Hall–Kier alpha value is -3.51. The number of nitrogens with zero attached hydrogens (tertiary/aromatic N) is 2. The van der Waals surface area contributed by atoms with E-state index in [4.69, 9.17) is 9.47 Å². The minimum Gasteiger partial charge on any atom is -0.488 e. The molecule has 0 N–H and O–H groups in total. The van der Waals surface area contributed by atoms with Crippen molar-refractivity contribution in [1.29, 1.82) is 0 Å². The molecule has 3 aromatic carbocycles. The van der Waals surface area contributed by atoms with E-state index in [1.165, 1.54) is 7.11 Å². The molecular formula is C28H27BrN2O3. The average molecular weight is 519 g/mol. The first-order chi connectivity index (χ1) is 16.5. The first-order valence-electron chi connectivity index (χ1n) is 11.1. The molecule has 6 heteroatoms. The number of anilines is 1. The maximum Gasteiger partial charge on any atom is 0.337 e. The summed E-state index contributed by atoms with van der Waals surface area (Å²) < 4.78 is 14.3. The minimum atomic E-state index is -0.356. The number of rotatable bonds is 8. The molecule has 174 valence electrons. The van der Waals surface area contributed by atoms with Gasteiger partial charge in [-0.2, -0.15) is 0 Å². The van der Waals surface area contributed by atoms with Gasteiger partial charge in [0.1, 0.15) is 12.4 Å². The standard InChI is InChI=1S/C28H27BrN2O3/c1-4-30(24-12-8-11-22(17-24)28(32)33-3)31-20(2)13-15-26(31)25-18-23(29)14-16-27(25)34-19-21-9-6-5-7-10-21/h5-18H,4,19H2,1-3H3. The summed E-state index contributed by atoms with van der Waals surface area (Å²) >= 11 is 3.62. The topological polar surface area (TPSA) is 43.7 Å². The quantitative estimate of drug-likeness (QED) is 0.238. The normalized spacial score (nSPS) is 10.7. The van der Waals surface area contributed by atoms with Crippen molar-refractivity contribution in [3.8, 4) is 17.0 Å². The number of benzene rings is 3. The number of halogens is 1. The summed E-state index contributed by atoms with van der Waals surface area (Å²) in [6, 6.07) is 27.8. The van der Waals surface area contributed by atoms with Crippen molar-refractivity contribution in [2.75, 3.05) is 18.7 Å². The molecule has 34 heavy (non-hydrogen) atoms. The molecule has 4 rings (SSSR count). The van der Waals surface area contributed by atoms with Crippen LogP contribution < -0.4 is 9.75 Å². The van der Waals surface area contributed by atoms with Gasteiger partial charge in [0.2, 0.25) is 0 Å². The first-order valence-corrected chi connectivity index (χ1v) is 11.9. The van der Waals surface area contributed by atoms with E-state index in [1.54, 1.807) is 6.07 Å². The molecule has 0 fully saturated rings. The fourth-order valence-corrected chi connectivity index (χ4v) is 4.33. The Labute approximate surface area is 208 Å². The number of carbonyl (C=O) groups excluding carboxylic acids is 1. The SMILES string of the molecule is CCN(c1cccc(C(=O)OC)c1)n1c(C)ccc1-c1cc(Br)ccc1OCc1ccccc1. The summed E-state index contributed by atoms with van der Waals surface area (Å²) in [4.78, 5) is 12.1. The summed E-state index contributed by atoms with van der Waals surface area (Å²) in [7, 11) is 1.39. The average Bonchev–Trinajstić information content (AvgIpc) is 3.25. The molecule has 5 nitrogen and oxygen atoms in total. The third-order valence-corrected chi connectivity index (χ3v) is 6.10. The lowest BCUT2D eigenvalue weighted by atomic mass is 10.1. The van der Waals surface area contributed by atoms with Crippen LogP contribution in [0, 0.1) is 6.92 Å². The molecule has 0 aliphatic heterocycles. The van der Waals surface area contributed by atoms with Crippen molar-refractivity contribution in [2.24, 2.45) is 0 Å². The van der Waals surface area contributed by atoms with E-state index < -0.39 is 0 Å². The highest BCUT2D eigenvalue weighted by Gasteiger charge is 2.19. The fourth-order valence-electron chi connectivity index (χ4n) is 3.97. The smallest absolute Gasteiger partial charge is 0.337 e. The summed E-state index contributed by atoms with van der Waals surface area (Å²) in [5, 5.41) is 2.14. The third-order valence-electron chi connectivity index (χ3n) is 5.61. The number of aryl methyl sites for hydroxylation is 1. The zero-order chi connectivity index (χ0) is 24.1. The van der Waals surface area contributed by atoms with Crippen molar-refractivity contribution in [2.45, 2.75) is 20.5 Å². The van der Waals surface area contributed by atoms with Crippen molar-refractivity contribution in [3.05, 3.63) is 106 Å². The minimum absolute atomic E-state index is 0.356. The molecule has 0 saturated heterocycles. The van der Waals surface area contributed by atoms with Crippen LogP contribution in [-0.4, -0.2) is 24.3 Å². The molecular weight excluding hydrogens is 492 g/mol. The first kappa shape index (κ1) is 23.6. The second kappa shape index (κ2) is 10.6. The van der Waals surface area contributed by atoms with Gasteiger partial charge in [0.15, 0.2) is 0 Å². The van der Waals surface area contributed by atoms with E-state index in [9.17, 15) is 4.79 Å². The largest absolute Gasteiger partial charge is 0.488 e. The lowest BCUT2D eigenvalue weighted by molar-refractivity contribution is 0.0600. The molecule has 0 unspecified atom stereocenters. The highest BCUT2D eigenvalue weighted by molar-refractivity contribution is 9.10. The van der Waals surface area contributed by atoms with Gasteiger partial charge in [-0.05, 0) is 67.9 Å². The highest BCUT2D eigenvalue weighted by Crippen LogP contribution is 2.36. The molecule has 0 amide bonds. The van der Waals surface area contributed by atoms with E-state index in [0.29, 0.717) is 18.7 Å². The molecule has 0 saturated carbocycles. The van der Waals surface area contributed by atoms with Gasteiger partial charge in [0.25, 0.3) is 0 Å². The number of aromatic nitrogens is 1. The van der Waals surface area contributed by atoms with E-state index >= 15 is 0 Å². The van der Waals surface area contributed by atoms with Crippen LogP contribution in [0.5, 0.6) is 5.75 Å². The Bertz CT molecular complexity index is 1280. The van der Waals surface area contributed by atoms with Crippen LogP contribution in [0.25, 0.3) is 11.3 Å². The lowest BCUT2D eigenvalue weighted by Gasteiger charge is -2.29. The van der Waals surface area contributed by atoms with Crippen LogP contribution in [0.1, 0.15) is 28.5 Å². The van der Waals surface area contributed by atoms with Crippen LogP contribution in [0.15, 0.2) is 89.4 Å². The summed E-state index contributed by atoms with van der Waals surface area (Å²) in [6.45, 7) is 5.33. The Morgan fingerprint density at radius 2 is 1.76 bits per heavy atom. The second-order valence-corrected chi connectivity index (χ2v) is 8.76.